The van der Waals surface area contributed by atoms with Gasteiger partial charge in [-0.3, -0.25) is 4.79 Å². The van der Waals surface area contributed by atoms with E-state index in [1.807, 2.05) is 13.0 Å². The summed E-state index contributed by atoms with van der Waals surface area (Å²) in [5.41, 5.74) is 3.64. The SMILES string of the molecule is CCOc1ccccc1C(=O)NN=Cc1ccc(OC)cc1OC. The largest absolute Gasteiger partial charge is 0.497 e. The zero-order valence-corrected chi connectivity index (χ0v) is 13.9. The lowest BCUT2D eigenvalue weighted by molar-refractivity contribution is 0.0951. The van der Waals surface area contributed by atoms with Gasteiger partial charge in [-0.2, -0.15) is 5.10 Å². The van der Waals surface area contributed by atoms with Gasteiger partial charge in [-0.1, -0.05) is 12.1 Å². The number of amides is 1. The van der Waals surface area contributed by atoms with Crippen LogP contribution in [0.1, 0.15) is 22.8 Å². The standard InChI is InChI=1S/C18H20N2O4/c1-4-24-16-8-6-5-7-15(16)18(21)20-19-12-13-9-10-14(22-2)11-17(13)23-3/h5-12H,4H2,1-3H3,(H,20,21). The number of ether oxygens (including phenoxy) is 3. The highest BCUT2D eigenvalue weighted by Gasteiger charge is 2.11. The number of hydrogen-bond donors (Lipinski definition) is 1. The minimum absolute atomic E-state index is 0.345. The number of hydrogen-bond acceptors (Lipinski definition) is 5. The number of carbonyl (C=O) groups is 1. The van der Waals surface area contributed by atoms with Crippen LogP contribution in [0.15, 0.2) is 47.6 Å². The Kier molecular flexibility index (Phi) is 6.19. The molecule has 0 atom stereocenters. The number of nitrogens with one attached hydrogen (secondary N) is 1. The summed E-state index contributed by atoms with van der Waals surface area (Å²) >= 11 is 0. The van der Waals surface area contributed by atoms with Crippen LogP contribution in [-0.2, 0) is 0 Å². The predicted molar refractivity (Wildman–Crippen MR) is 92.2 cm³/mol. The van der Waals surface area contributed by atoms with Crippen molar-refractivity contribution in [3.05, 3.63) is 53.6 Å². The summed E-state index contributed by atoms with van der Waals surface area (Å²) in [4.78, 5) is 12.2. The summed E-state index contributed by atoms with van der Waals surface area (Å²) in [6.45, 7) is 2.35. The Hall–Kier alpha value is -3.02. The van der Waals surface area contributed by atoms with Gasteiger partial charge in [0.2, 0.25) is 0 Å². The molecule has 126 valence electrons. The van der Waals surface area contributed by atoms with E-state index in [1.54, 1.807) is 50.6 Å². The topological polar surface area (TPSA) is 69.2 Å². The van der Waals surface area contributed by atoms with Crippen LogP contribution in [0.25, 0.3) is 0 Å². The molecule has 0 heterocycles. The number of rotatable bonds is 7. The lowest BCUT2D eigenvalue weighted by atomic mass is 10.2. The Bertz CT molecular complexity index is 729. The van der Waals surface area contributed by atoms with Gasteiger partial charge < -0.3 is 14.2 Å². The maximum atomic E-state index is 12.2. The van der Waals surface area contributed by atoms with Gasteiger partial charge >= 0.3 is 0 Å². The minimum atomic E-state index is -0.345. The van der Waals surface area contributed by atoms with Crippen molar-refractivity contribution < 1.29 is 19.0 Å². The summed E-state index contributed by atoms with van der Waals surface area (Å²) in [5, 5.41) is 3.98. The molecule has 1 amide bonds. The second-order valence-corrected chi connectivity index (χ2v) is 4.74. The van der Waals surface area contributed by atoms with E-state index in [-0.39, 0.29) is 5.91 Å². The summed E-state index contributed by atoms with van der Waals surface area (Å²) in [6.07, 6.45) is 1.51. The molecule has 0 aliphatic heterocycles. The van der Waals surface area contributed by atoms with Gasteiger partial charge in [0, 0.05) is 11.6 Å². The Balaban J connectivity index is 2.10. The molecule has 24 heavy (non-hydrogen) atoms. The van der Waals surface area contributed by atoms with Crippen LogP contribution in [-0.4, -0.2) is 32.9 Å². The number of carbonyl (C=O) groups excluding carboxylic acids is 1. The lowest BCUT2D eigenvalue weighted by Gasteiger charge is -2.08. The Morgan fingerprint density at radius 1 is 1.12 bits per heavy atom. The number of para-hydroxylation sites is 1. The van der Waals surface area contributed by atoms with Gasteiger partial charge in [0.25, 0.3) is 5.91 Å². The molecule has 0 saturated carbocycles. The fourth-order valence-electron chi connectivity index (χ4n) is 2.08. The van der Waals surface area contributed by atoms with E-state index >= 15 is 0 Å². The third kappa shape index (κ3) is 4.25. The Morgan fingerprint density at radius 3 is 2.62 bits per heavy atom. The minimum Gasteiger partial charge on any atom is -0.497 e. The summed E-state index contributed by atoms with van der Waals surface area (Å²) in [6, 6.07) is 12.3. The van der Waals surface area contributed by atoms with Crippen molar-refractivity contribution in [2.45, 2.75) is 6.92 Å². The van der Waals surface area contributed by atoms with Crippen LogP contribution in [0, 0.1) is 0 Å². The lowest BCUT2D eigenvalue weighted by Crippen LogP contribution is -2.18. The molecule has 0 fully saturated rings. The molecular weight excluding hydrogens is 308 g/mol. The van der Waals surface area contributed by atoms with Gasteiger partial charge in [0.05, 0.1) is 32.6 Å². The van der Waals surface area contributed by atoms with Crippen LogP contribution in [0.4, 0.5) is 0 Å². The first-order valence-electron chi connectivity index (χ1n) is 7.46. The fourth-order valence-corrected chi connectivity index (χ4v) is 2.08. The van der Waals surface area contributed by atoms with Gasteiger partial charge in [-0.25, -0.2) is 5.43 Å². The second kappa shape index (κ2) is 8.57. The first kappa shape index (κ1) is 17.3. The summed E-state index contributed by atoms with van der Waals surface area (Å²) in [5.74, 6) is 1.46. The van der Waals surface area contributed by atoms with E-state index in [1.165, 1.54) is 6.21 Å². The molecule has 2 rings (SSSR count). The molecule has 0 unspecified atom stereocenters. The highest BCUT2D eigenvalue weighted by molar-refractivity contribution is 5.97. The van der Waals surface area contributed by atoms with Gasteiger partial charge in [0.15, 0.2) is 0 Å². The molecule has 0 spiro atoms. The molecule has 0 aromatic heterocycles. The zero-order chi connectivity index (χ0) is 17.4. The maximum absolute atomic E-state index is 12.2. The van der Waals surface area contributed by atoms with E-state index in [2.05, 4.69) is 10.5 Å². The van der Waals surface area contributed by atoms with Crippen molar-refractivity contribution in [2.24, 2.45) is 5.10 Å². The van der Waals surface area contributed by atoms with Crippen LogP contribution in [0.5, 0.6) is 17.2 Å². The van der Waals surface area contributed by atoms with Gasteiger partial charge in [-0.05, 0) is 31.2 Å². The Morgan fingerprint density at radius 2 is 1.92 bits per heavy atom. The highest BCUT2D eigenvalue weighted by Crippen LogP contribution is 2.23. The van der Waals surface area contributed by atoms with E-state index in [0.29, 0.717) is 29.4 Å². The average Bonchev–Trinajstić information content (AvgIpc) is 2.62. The molecule has 2 aromatic rings. The van der Waals surface area contributed by atoms with Crippen molar-refractivity contribution in [2.75, 3.05) is 20.8 Å². The first-order valence-corrected chi connectivity index (χ1v) is 7.46. The predicted octanol–water partition coefficient (Wildman–Crippen LogP) is 2.87. The molecule has 0 bridgehead atoms. The monoisotopic (exact) mass is 328 g/mol. The van der Waals surface area contributed by atoms with Crippen LogP contribution < -0.4 is 19.6 Å². The molecular formula is C18H20N2O4. The van der Waals surface area contributed by atoms with Crippen molar-refractivity contribution in [3.8, 4) is 17.2 Å². The number of nitrogens with zero attached hydrogens (tertiary/aromatic N) is 1. The highest BCUT2D eigenvalue weighted by atomic mass is 16.5. The number of hydrazone groups is 1. The van der Waals surface area contributed by atoms with E-state index in [0.717, 1.165) is 5.56 Å². The number of benzene rings is 2. The molecule has 0 saturated heterocycles. The van der Waals surface area contributed by atoms with E-state index < -0.39 is 0 Å². The van der Waals surface area contributed by atoms with E-state index in [9.17, 15) is 4.79 Å². The van der Waals surface area contributed by atoms with Crippen LogP contribution in [0.3, 0.4) is 0 Å². The van der Waals surface area contributed by atoms with Crippen LogP contribution >= 0.6 is 0 Å². The zero-order valence-electron chi connectivity index (χ0n) is 13.9. The molecule has 0 aliphatic carbocycles. The molecule has 2 aromatic carbocycles. The Labute approximate surface area is 141 Å². The van der Waals surface area contributed by atoms with Crippen molar-refractivity contribution in [3.63, 3.8) is 0 Å². The van der Waals surface area contributed by atoms with Gasteiger partial charge in [0.1, 0.15) is 17.2 Å². The fraction of sp³-hybridized carbons (Fsp3) is 0.222. The smallest absolute Gasteiger partial charge is 0.275 e. The molecule has 0 aliphatic rings. The average molecular weight is 328 g/mol. The molecule has 6 heteroatoms. The van der Waals surface area contributed by atoms with Crippen molar-refractivity contribution in [1.82, 2.24) is 5.43 Å². The molecule has 6 nitrogen and oxygen atoms in total. The third-order valence-corrected chi connectivity index (χ3v) is 3.24. The van der Waals surface area contributed by atoms with Crippen LogP contribution in [0.2, 0.25) is 0 Å². The summed E-state index contributed by atoms with van der Waals surface area (Å²) < 4.78 is 15.9. The van der Waals surface area contributed by atoms with Crippen molar-refractivity contribution in [1.29, 1.82) is 0 Å². The summed E-state index contributed by atoms with van der Waals surface area (Å²) in [7, 11) is 3.14. The first-order chi connectivity index (χ1) is 11.7. The molecule has 0 radical (unpaired) electrons. The van der Waals surface area contributed by atoms with E-state index in [4.69, 9.17) is 14.2 Å². The normalized spacial score (nSPS) is 10.5. The number of methoxy groups -OCH3 is 2. The second-order valence-electron chi connectivity index (χ2n) is 4.74. The van der Waals surface area contributed by atoms with Crippen molar-refractivity contribution >= 4 is 12.1 Å². The maximum Gasteiger partial charge on any atom is 0.275 e. The van der Waals surface area contributed by atoms with Gasteiger partial charge in [-0.15, -0.1) is 0 Å². The molecule has 1 N–H and O–H groups in total. The third-order valence-electron chi connectivity index (χ3n) is 3.24. The quantitative estimate of drug-likeness (QED) is 0.627.